The fourth-order valence-electron chi connectivity index (χ4n) is 6.08. The Morgan fingerprint density at radius 3 is 2.10 bits per heavy atom. The normalized spacial score (nSPS) is 21.5. The van der Waals surface area contributed by atoms with Crippen molar-refractivity contribution >= 4 is 56.5 Å². The zero-order chi connectivity index (χ0) is 35.4. The van der Waals surface area contributed by atoms with E-state index in [1.54, 1.807) is 24.3 Å². The predicted molar refractivity (Wildman–Crippen MR) is 181 cm³/mol. The molecule has 11 nitrogen and oxygen atoms in total. The molecule has 3 aromatic carbocycles. The maximum Gasteiger partial charge on any atom is 0.321 e. The predicted octanol–water partition coefficient (Wildman–Crippen LogP) is 4.91. The molecule has 2 atom stereocenters. The summed E-state index contributed by atoms with van der Waals surface area (Å²) < 4.78 is 38.0. The van der Waals surface area contributed by atoms with Crippen LogP contribution in [0.15, 0.2) is 90.4 Å². The fraction of sp³-hybridized carbons (Fsp3) is 0.324. The van der Waals surface area contributed by atoms with Gasteiger partial charge in [-0.2, -0.15) is 0 Å². The Balaban J connectivity index is 1.19. The average molecular weight is 687 g/mol. The van der Waals surface area contributed by atoms with Crippen LogP contribution in [0.3, 0.4) is 0 Å². The number of benzene rings is 3. The molecule has 0 aromatic heterocycles. The molecule has 3 aromatic rings. The van der Waals surface area contributed by atoms with Gasteiger partial charge in [-0.15, -0.1) is 0 Å². The van der Waals surface area contributed by atoms with Crippen LogP contribution < -0.4 is 0 Å². The molecule has 2 fully saturated rings. The van der Waals surface area contributed by atoms with E-state index in [0.717, 1.165) is 20.0 Å². The summed E-state index contributed by atoms with van der Waals surface area (Å²) in [6.45, 7) is 6.24. The Hall–Kier alpha value is -5.10. The van der Waals surface area contributed by atoms with Crippen molar-refractivity contribution in [2.45, 2.75) is 44.4 Å². The fourth-order valence-corrected chi connectivity index (χ4v) is 7.60. The van der Waals surface area contributed by atoms with E-state index in [1.807, 2.05) is 30.3 Å². The lowest BCUT2D eigenvalue weighted by Crippen LogP contribution is -2.53. The minimum atomic E-state index is -4.25. The number of imide groups is 1. The van der Waals surface area contributed by atoms with Crippen molar-refractivity contribution in [3.8, 4) is 0 Å². The number of ether oxygens (including phenoxy) is 2. The summed E-state index contributed by atoms with van der Waals surface area (Å²) in [6.07, 6.45) is 5.67. The Morgan fingerprint density at radius 1 is 0.816 bits per heavy atom. The van der Waals surface area contributed by atoms with Crippen molar-refractivity contribution in [2.75, 3.05) is 26.3 Å². The summed E-state index contributed by atoms with van der Waals surface area (Å²) in [5.41, 5.74) is -2.21. The van der Waals surface area contributed by atoms with Crippen LogP contribution >= 0.6 is 0 Å². The van der Waals surface area contributed by atoms with E-state index in [4.69, 9.17) is 9.47 Å². The summed E-state index contributed by atoms with van der Waals surface area (Å²) in [5.74, 6) is -3.46. The minimum absolute atomic E-state index is 0.0602. The third-order valence-electron chi connectivity index (χ3n) is 9.08. The van der Waals surface area contributed by atoms with Gasteiger partial charge in [-0.25, -0.2) is 12.7 Å². The van der Waals surface area contributed by atoms with E-state index in [1.165, 1.54) is 44.2 Å². The standard InChI is InChI=1S/C37H38N2O9S/c1-4-23-47-35(44)37(3)20-9-22-39(33(37)42)49(45,46)30-17-13-26(14-18-30)10-7-24-48-34(43)36(2)19-8-21-38(32(36)41)31(40)29-16-15-27-11-5-6-12-28(27)25-29/h4-7,10-18,25H,1,8-9,19-24H2,2-3H3. The lowest BCUT2D eigenvalue weighted by Gasteiger charge is -2.36. The highest BCUT2D eigenvalue weighted by molar-refractivity contribution is 7.89. The molecule has 49 heavy (non-hydrogen) atoms. The molecule has 2 saturated heterocycles. The van der Waals surface area contributed by atoms with E-state index < -0.39 is 50.5 Å². The Kier molecular flexibility index (Phi) is 10.2. The van der Waals surface area contributed by atoms with Gasteiger partial charge in [-0.3, -0.25) is 28.9 Å². The number of amides is 3. The van der Waals surface area contributed by atoms with Gasteiger partial charge in [-0.1, -0.05) is 61.2 Å². The molecule has 2 unspecified atom stereocenters. The maximum atomic E-state index is 13.5. The van der Waals surface area contributed by atoms with Gasteiger partial charge >= 0.3 is 11.9 Å². The van der Waals surface area contributed by atoms with Crippen LogP contribution in [0, 0.1) is 10.8 Å². The van der Waals surface area contributed by atoms with E-state index in [9.17, 15) is 32.4 Å². The van der Waals surface area contributed by atoms with Crippen LogP contribution in [0.25, 0.3) is 16.8 Å². The second-order valence-electron chi connectivity index (χ2n) is 12.5. The molecule has 0 aliphatic carbocycles. The second-order valence-corrected chi connectivity index (χ2v) is 14.4. The number of fused-ring (bicyclic) bond motifs is 1. The summed E-state index contributed by atoms with van der Waals surface area (Å²) in [6, 6.07) is 18.5. The van der Waals surface area contributed by atoms with Crippen LogP contribution in [0.2, 0.25) is 0 Å². The lowest BCUT2D eigenvalue weighted by atomic mass is 9.80. The zero-order valence-electron chi connectivity index (χ0n) is 27.4. The van der Waals surface area contributed by atoms with Gasteiger partial charge in [0.05, 0.1) is 4.90 Å². The summed E-state index contributed by atoms with van der Waals surface area (Å²) in [5, 5.41) is 1.83. The van der Waals surface area contributed by atoms with Crippen molar-refractivity contribution in [1.29, 1.82) is 0 Å². The Labute approximate surface area is 285 Å². The number of nitrogens with zero attached hydrogens (tertiary/aromatic N) is 2. The molecule has 0 bridgehead atoms. The number of rotatable bonds is 10. The van der Waals surface area contributed by atoms with E-state index in [2.05, 4.69) is 6.58 Å². The highest BCUT2D eigenvalue weighted by atomic mass is 32.2. The van der Waals surface area contributed by atoms with Gasteiger partial charge in [0, 0.05) is 18.7 Å². The first-order valence-corrected chi connectivity index (χ1v) is 17.4. The van der Waals surface area contributed by atoms with Gasteiger partial charge in [0.1, 0.15) is 24.0 Å². The van der Waals surface area contributed by atoms with Gasteiger partial charge in [0.2, 0.25) is 5.91 Å². The molecule has 0 saturated carbocycles. The molecule has 0 spiro atoms. The van der Waals surface area contributed by atoms with E-state index in [0.29, 0.717) is 24.0 Å². The topological polar surface area (TPSA) is 144 Å². The molecule has 2 aliphatic heterocycles. The van der Waals surface area contributed by atoms with Crippen LogP contribution in [0.5, 0.6) is 0 Å². The Morgan fingerprint density at radius 2 is 1.43 bits per heavy atom. The second kappa shape index (κ2) is 14.2. The van der Waals surface area contributed by atoms with Gasteiger partial charge < -0.3 is 9.47 Å². The molecule has 12 heteroatoms. The summed E-state index contributed by atoms with van der Waals surface area (Å²) in [7, 11) is -4.25. The summed E-state index contributed by atoms with van der Waals surface area (Å²) in [4.78, 5) is 66.7. The average Bonchev–Trinajstić information content (AvgIpc) is 3.10. The molecule has 256 valence electrons. The number of carbonyl (C=O) groups excluding carboxylic acids is 5. The molecule has 2 heterocycles. The largest absolute Gasteiger partial charge is 0.461 e. The smallest absolute Gasteiger partial charge is 0.321 e. The van der Waals surface area contributed by atoms with Crippen LogP contribution in [-0.4, -0.2) is 73.6 Å². The van der Waals surface area contributed by atoms with Crippen molar-refractivity contribution in [3.05, 3.63) is 96.6 Å². The molecule has 2 aliphatic rings. The maximum absolute atomic E-state index is 13.5. The highest BCUT2D eigenvalue weighted by Crippen LogP contribution is 2.36. The third-order valence-corrected chi connectivity index (χ3v) is 10.9. The van der Waals surface area contributed by atoms with Crippen LogP contribution in [0.4, 0.5) is 0 Å². The summed E-state index contributed by atoms with van der Waals surface area (Å²) >= 11 is 0. The van der Waals surface area contributed by atoms with Gasteiger partial charge in [0.15, 0.2) is 0 Å². The van der Waals surface area contributed by atoms with Crippen molar-refractivity contribution in [1.82, 2.24) is 9.21 Å². The monoisotopic (exact) mass is 686 g/mol. The van der Waals surface area contributed by atoms with Crippen molar-refractivity contribution in [2.24, 2.45) is 10.8 Å². The van der Waals surface area contributed by atoms with Gasteiger partial charge in [-0.05, 0) is 86.2 Å². The molecule has 5 rings (SSSR count). The zero-order valence-corrected chi connectivity index (χ0v) is 28.2. The SMILES string of the molecule is C=CCOC(=O)C1(C)CCCN(S(=O)(=O)c2ccc(C=CCOC(=O)C3(C)CCCN(C(=O)c4ccc5ccccc5c4)C3=O)cc2)C1=O. The number of sulfonamides is 1. The first-order chi connectivity index (χ1) is 23.3. The number of piperidine rings is 2. The highest BCUT2D eigenvalue weighted by Gasteiger charge is 2.51. The minimum Gasteiger partial charge on any atom is -0.461 e. The molecular formula is C37H38N2O9S. The first-order valence-electron chi connectivity index (χ1n) is 16.0. The lowest BCUT2D eigenvalue weighted by molar-refractivity contribution is -0.166. The van der Waals surface area contributed by atoms with Crippen molar-refractivity contribution in [3.63, 3.8) is 0 Å². The molecule has 0 radical (unpaired) electrons. The Bertz CT molecular complexity index is 1950. The number of likely N-dealkylation sites (tertiary alicyclic amines) is 1. The van der Waals surface area contributed by atoms with Crippen LogP contribution in [-0.2, 0) is 38.7 Å². The quantitative estimate of drug-likeness (QED) is 0.126. The number of esters is 2. The van der Waals surface area contributed by atoms with Gasteiger partial charge in [0.25, 0.3) is 21.8 Å². The molecule has 3 amide bonds. The van der Waals surface area contributed by atoms with Crippen LogP contribution in [0.1, 0.15) is 55.5 Å². The number of hydrogen-bond acceptors (Lipinski definition) is 9. The molecular weight excluding hydrogens is 648 g/mol. The third kappa shape index (κ3) is 6.91. The number of carbonyl (C=O) groups is 5. The first kappa shape index (κ1) is 35.2. The van der Waals surface area contributed by atoms with E-state index >= 15 is 0 Å². The number of hydrogen-bond donors (Lipinski definition) is 0. The van der Waals surface area contributed by atoms with Crippen molar-refractivity contribution < 1.29 is 41.9 Å². The van der Waals surface area contributed by atoms with E-state index in [-0.39, 0.29) is 44.0 Å². The molecule has 0 N–H and O–H groups in total.